The highest BCUT2D eigenvalue weighted by Crippen LogP contribution is 2.22. The van der Waals surface area contributed by atoms with Crippen LogP contribution in [0, 0.1) is 17.1 Å². The molecule has 6 nitrogen and oxygen atoms in total. The fraction of sp³-hybridized carbons (Fsp3) is 0.286. The lowest BCUT2D eigenvalue weighted by Gasteiger charge is -2.37. The van der Waals surface area contributed by atoms with Crippen LogP contribution in [0.4, 0.5) is 4.39 Å². The van der Waals surface area contributed by atoms with Crippen molar-refractivity contribution in [1.82, 2.24) is 9.80 Å². The molecule has 3 rings (SSSR count). The standard InChI is InChI=1S/C21H20FN3O3/c1-28-21(27)17-4-2-16(3-5-17)20(26)25-12-10-24(11-13-25)19(14-23)15-6-8-18(22)9-7-15/h2-9,19H,10-13H2,1H3/t19-/m1/s1. The molecule has 1 heterocycles. The highest BCUT2D eigenvalue weighted by Gasteiger charge is 2.27. The first-order valence-corrected chi connectivity index (χ1v) is 8.90. The first-order valence-electron chi connectivity index (χ1n) is 8.90. The van der Waals surface area contributed by atoms with E-state index in [4.69, 9.17) is 0 Å². The molecule has 144 valence electrons. The number of ether oxygens (including phenoxy) is 1. The number of piperazine rings is 1. The second-order valence-electron chi connectivity index (χ2n) is 6.48. The summed E-state index contributed by atoms with van der Waals surface area (Å²) in [6.45, 7) is 2.05. The molecular weight excluding hydrogens is 361 g/mol. The van der Waals surface area contributed by atoms with Crippen molar-refractivity contribution in [3.05, 3.63) is 71.0 Å². The summed E-state index contributed by atoms with van der Waals surface area (Å²) in [5.74, 6) is -0.906. The molecule has 2 aromatic carbocycles. The Labute approximate surface area is 162 Å². The average molecular weight is 381 g/mol. The number of nitriles is 1. The van der Waals surface area contributed by atoms with Crippen LogP contribution in [0.25, 0.3) is 0 Å². The van der Waals surface area contributed by atoms with Crippen molar-refractivity contribution in [2.75, 3.05) is 33.3 Å². The van der Waals surface area contributed by atoms with Gasteiger partial charge < -0.3 is 9.64 Å². The SMILES string of the molecule is COC(=O)c1ccc(C(=O)N2CCN([C@H](C#N)c3ccc(F)cc3)CC2)cc1. The lowest BCUT2D eigenvalue weighted by molar-refractivity contribution is 0.0591. The van der Waals surface area contributed by atoms with Crippen LogP contribution < -0.4 is 0 Å². The summed E-state index contributed by atoms with van der Waals surface area (Å²) in [6, 6.07) is 14.1. The summed E-state index contributed by atoms with van der Waals surface area (Å²) >= 11 is 0. The number of methoxy groups -OCH3 is 1. The Hall–Kier alpha value is -3.24. The first kappa shape index (κ1) is 19.5. The summed E-state index contributed by atoms with van der Waals surface area (Å²) < 4.78 is 17.8. The van der Waals surface area contributed by atoms with Crippen LogP contribution >= 0.6 is 0 Å². The molecule has 0 aromatic heterocycles. The number of benzene rings is 2. The number of carbonyl (C=O) groups excluding carboxylic acids is 2. The van der Waals surface area contributed by atoms with Crippen LogP contribution in [0.15, 0.2) is 48.5 Å². The van der Waals surface area contributed by atoms with E-state index in [1.54, 1.807) is 41.3 Å². The van der Waals surface area contributed by atoms with Crippen LogP contribution in [0.3, 0.4) is 0 Å². The van der Waals surface area contributed by atoms with E-state index in [9.17, 15) is 19.2 Å². The van der Waals surface area contributed by atoms with Gasteiger partial charge >= 0.3 is 5.97 Å². The van der Waals surface area contributed by atoms with Crippen molar-refractivity contribution in [2.45, 2.75) is 6.04 Å². The van der Waals surface area contributed by atoms with Crippen molar-refractivity contribution in [3.63, 3.8) is 0 Å². The van der Waals surface area contributed by atoms with Gasteiger partial charge in [-0.05, 0) is 42.0 Å². The van der Waals surface area contributed by atoms with Gasteiger partial charge in [-0.1, -0.05) is 12.1 Å². The van der Waals surface area contributed by atoms with Crippen LogP contribution in [0.1, 0.15) is 32.3 Å². The maximum atomic E-state index is 13.1. The molecule has 7 heteroatoms. The molecule has 1 aliphatic heterocycles. The van der Waals surface area contributed by atoms with E-state index in [0.29, 0.717) is 37.3 Å². The molecule has 1 atom stereocenters. The minimum absolute atomic E-state index is 0.119. The molecule has 0 radical (unpaired) electrons. The number of esters is 1. The molecule has 0 aliphatic carbocycles. The number of halogens is 1. The second kappa shape index (κ2) is 8.63. The van der Waals surface area contributed by atoms with Crippen LogP contribution in [0.5, 0.6) is 0 Å². The van der Waals surface area contributed by atoms with Gasteiger partial charge in [0.1, 0.15) is 11.9 Å². The van der Waals surface area contributed by atoms with Crippen molar-refractivity contribution < 1.29 is 18.7 Å². The molecule has 0 bridgehead atoms. The number of amides is 1. The maximum Gasteiger partial charge on any atom is 0.337 e. The van der Waals surface area contributed by atoms with Crippen molar-refractivity contribution in [3.8, 4) is 6.07 Å². The maximum absolute atomic E-state index is 13.1. The molecule has 0 N–H and O–H groups in total. The predicted octanol–water partition coefficient (Wildman–Crippen LogP) is 2.63. The van der Waals surface area contributed by atoms with Crippen LogP contribution in [-0.2, 0) is 4.74 Å². The van der Waals surface area contributed by atoms with Gasteiger partial charge in [-0.3, -0.25) is 9.69 Å². The van der Waals surface area contributed by atoms with Gasteiger partial charge in [-0.2, -0.15) is 5.26 Å². The second-order valence-corrected chi connectivity index (χ2v) is 6.48. The number of carbonyl (C=O) groups is 2. The van der Waals surface area contributed by atoms with Gasteiger partial charge in [0.15, 0.2) is 0 Å². The Morgan fingerprint density at radius 3 is 2.11 bits per heavy atom. The minimum Gasteiger partial charge on any atom is -0.465 e. The molecular formula is C21H20FN3O3. The molecule has 28 heavy (non-hydrogen) atoms. The first-order chi connectivity index (χ1) is 13.5. The number of nitrogens with zero attached hydrogens (tertiary/aromatic N) is 3. The van der Waals surface area contributed by atoms with Gasteiger partial charge in [-0.25, -0.2) is 9.18 Å². The summed E-state index contributed by atoms with van der Waals surface area (Å²) in [7, 11) is 1.31. The molecule has 1 amide bonds. The third-order valence-corrected chi connectivity index (χ3v) is 4.83. The molecule has 1 aliphatic rings. The lowest BCUT2D eigenvalue weighted by atomic mass is 10.1. The third-order valence-electron chi connectivity index (χ3n) is 4.83. The fourth-order valence-electron chi connectivity index (χ4n) is 3.24. The predicted molar refractivity (Wildman–Crippen MR) is 100 cm³/mol. The summed E-state index contributed by atoms with van der Waals surface area (Å²) in [6.07, 6.45) is 0. The Bertz CT molecular complexity index is 883. The van der Waals surface area contributed by atoms with Gasteiger partial charge in [0.25, 0.3) is 5.91 Å². The Morgan fingerprint density at radius 1 is 1.00 bits per heavy atom. The van der Waals surface area contributed by atoms with Gasteiger partial charge in [0, 0.05) is 31.7 Å². The van der Waals surface area contributed by atoms with E-state index in [2.05, 4.69) is 10.8 Å². The molecule has 2 aromatic rings. The summed E-state index contributed by atoms with van der Waals surface area (Å²) in [5, 5.41) is 9.54. The molecule has 0 spiro atoms. The van der Waals surface area contributed by atoms with Gasteiger partial charge in [0.2, 0.25) is 0 Å². The third kappa shape index (κ3) is 4.18. The zero-order valence-corrected chi connectivity index (χ0v) is 15.5. The lowest BCUT2D eigenvalue weighted by Crippen LogP contribution is -2.49. The molecule has 1 fully saturated rings. The van der Waals surface area contributed by atoms with E-state index in [0.717, 1.165) is 5.56 Å². The zero-order valence-electron chi connectivity index (χ0n) is 15.5. The highest BCUT2D eigenvalue weighted by molar-refractivity contribution is 5.96. The largest absolute Gasteiger partial charge is 0.465 e. The Morgan fingerprint density at radius 2 is 1.57 bits per heavy atom. The average Bonchev–Trinajstić information content (AvgIpc) is 2.75. The summed E-state index contributed by atoms with van der Waals surface area (Å²) in [5.41, 5.74) is 1.62. The van der Waals surface area contributed by atoms with E-state index in [1.807, 2.05) is 4.90 Å². The van der Waals surface area contributed by atoms with E-state index in [-0.39, 0.29) is 11.7 Å². The van der Waals surface area contributed by atoms with E-state index >= 15 is 0 Å². The van der Waals surface area contributed by atoms with Crippen molar-refractivity contribution in [2.24, 2.45) is 0 Å². The highest BCUT2D eigenvalue weighted by atomic mass is 19.1. The van der Waals surface area contributed by atoms with Crippen molar-refractivity contribution in [1.29, 1.82) is 5.26 Å². The van der Waals surface area contributed by atoms with E-state index < -0.39 is 12.0 Å². The molecule has 0 unspecified atom stereocenters. The normalized spacial score (nSPS) is 15.5. The van der Waals surface area contributed by atoms with Crippen molar-refractivity contribution >= 4 is 11.9 Å². The number of hydrogen-bond donors (Lipinski definition) is 0. The molecule has 1 saturated heterocycles. The fourth-order valence-corrected chi connectivity index (χ4v) is 3.24. The molecule has 0 saturated carbocycles. The Balaban J connectivity index is 1.62. The number of rotatable bonds is 4. The van der Waals surface area contributed by atoms with Gasteiger partial charge in [-0.15, -0.1) is 0 Å². The number of hydrogen-bond acceptors (Lipinski definition) is 5. The Kier molecular flexibility index (Phi) is 6.02. The van der Waals surface area contributed by atoms with E-state index in [1.165, 1.54) is 19.2 Å². The summed E-state index contributed by atoms with van der Waals surface area (Å²) in [4.78, 5) is 27.9. The zero-order chi connectivity index (χ0) is 20.1. The van der Waals surface area contributed by atoms with Crippen LogP contribution in [-0.4, -0.2) is 55.0 Å². The minimum atomic E-state index is -0.475. The quantitative estimate of drug-likeness (QED) is 0.762. The van der Waals surface area contributed by atoms with Crippen LogP contribution in [0.2, 0.25) is 0 Å². The monoisotopic (exact) mass is 381 g/mol. The van der Waals surface area contributed by atoms with Gasteiger partial charge in [0.05, 0.1) is 18.7 Å². The topological polar surface area (TPSA) is 73.6 Å². The smallest absolute Gasteiger partial charge is 0.337 e.